The first-order valence-electron chi connectivity index (χ1n) is 10.8. The fourth-order valence-electron chi connectivity index (χ4n) is 4.33. The minimum absolute atomic E-state index is 0.189. The maximum atomic E-state index is 12.9. The Morgan fingerprint density at radius 1 is 1.07 bits per heavy atom. The molecule has 2 saturated heterocycles. The largest absolute Gasteiger partial charge is 0.357 e. The molecule has 3 aliphatic heterocycles. The second-order valence-electron chi connectivity index (χ2n) is 7.93. The average Bonchev–Trinajstić information content (AvgIpc) is 3.20. The van der Waals surface area contributed by atoms with Crippen molar-refractivity contribution >= 4 is 23.6 Å². The van der Waals surface area contributed by atoms with Gasteiger partial charge in [-0.1, -0.05) is 13.8 Å². The van der Waals surface area contributed by atoms with Crippen molar-refractivity contribution in [3.8, 4) is 0 Å². The number of anilines is 1. The van der Waals surface area contributed by atoms with Crippen molar-refractivity contribution in [3.05, 3.63) is 23.9 Å². The molecule has 1 N–H and O–H groups in total. The molecule has 4 rings (SSSR count). The number of hydrogen-bond donors (Lipinski definition) is 1. The zero-order chi connectivity index (χ0) is 20.4. The number of pyridine rings is 1. The van der Waals surface area contributed by atoms with E-state index in [0.29, 0.717) is 18.9 Å². The third-order valence-electron chi connectivity index (χ3n) is 5.79. The van der Waals surface area contributed by atoms with Gasteiger partial charge < -0.3 is 10.2 Å². The normalized spacial score (nSPS) is 24.5. The molecule has 1 aromatic heterocycles. The predicted molar refractivity (Wildman–Crippen MR) is 112 cm³/mol. The molecule has 0 spiro atoms. The second kappa shape index (κ2) is 8.39. The van der Waals surface area contributed by atoms with Gasteiger partial charge in [0.05, 0.1) is 0 Å². The Bertz CT molecular complexity index is 787. The highest BCUT2D eigenvalue weighted by Gasteiger charge is 2.49. The lowest BCUT2D eigenvalue weighted by molar-refractivity contribution is -0.134. The van der Waals surface area contributed by atoms with Crippen molar-refractivity contribution in [3.63, 3.8) is 0 Å². The summed E-state index contributed by atoms with van der Waals surface area (Å²) in [6, 6.07) is 3.26. The number of hydrogen-bond acceptors (Lipinski definition) is 6. The summed E-state index contributed by atoms with van der Waals surface area (Å²) in [6.07, 6.45) is 6.59. The highest BCUT2D eigenvalue weighted by atomic mass is 16.2. The number of fused-ring (bicyclic) bond motifs is 1. The van der Waals surface area contributed by atoms with Crippen LogP contribution >= 0.6 is 0 Å². The molecule has 4 heterocycles. The Labute approximate surface area is 172 Å². The lowest BCUT2D eigenvalue weighted by Crippen LogP contribution is -2.65. The van der Waals surface area contributed by atoms with E-state index in [9.17, 15) is 9.59 Å². The molecule has 0 saturated carbocycles. The zero-order valence-electron chi connectivity index (χ0n) is 17.3. The Hall–Kier alpha value is -2.64. The van der Waals surface area contributed by atoms with Crippen LogP contribution in [0.5, 0.6) is 0 Å². The van der Waals surface area contributed by atoms with Crippen LogP contribution in [-0.2, 0) is 4.79 Å². The standard InChI is InChI=1S/C21H30N6O2/c1-3-10-26-19-17(20(28)27(11-4-2)21(26)29)23-18(24-19)15-8-9-16(22-14-15)25-12-6-5-7-13-25/h8-9,14,17,19H,3-7,10-13H2,1-2H3,(H,23,24). The molecule has 29 heavy (non-hydrogen) atoms. The van der Waals surface area contributed by atoms with E-state index >= 15 is 0 Å². The van der Waals surface area contributed by atoms with Crippen LogP contribution in [0, 0.1) is 0 Å². The number of carbonyl (C=O) groups excluding carboxylic acids is 2. The number of urea groups is 1. The maximum Gasteiger partial charge on any atom is 0.328 e. The lowest BCUT2D eigenvalue weighted by atomic mass is 10.1. The highest BCUT2D eigenvalue weighted by Crippen LogP contribution is 2.25. The SMILES string of the molecule is CCCN1C(=O)C2NC(c3ccc(N4CCCCC4)nc3)=NC2N(CCC)C1=O. The van der Waals surface area contributed by atoms with Gasteiger partial charge in [0.2, 0.25) is 0 Å². The number of imide groups is 1. The molecular weight excluding hydrogens is 368 g/mol. The quantitative estimate of drug-likeness (QED) is 0.795. The van der Waals surface area contributed by atoms with Crippen LogP contribution in [0.15, 0.2) is 23.3 Å². The number of piperidine rings is 1. The highest BCUT2D eigenvalue weighted by molar-refractivity contribution is 6.08. The van der Waals surface area contributed by atoms with Gasteiger partial charge in [0, 0.05) is 37.9 Å². The third-order valence-corrected chi connectivity index (χ3v) is 5.79. The molecule has 0 radical (unpaired) electrons. The lowest BCUT2D eigenvalue weighted by Gasteiger charge is -2.40. The number of rotatable bonds is 6. The van der Waals surface area contributed by atoms with Crippen LogP contribution in [0.3, 0.4) is 0 Å². The number of amidine groups is 1. The van der Waals surface area contributed by atoms with Gasteiger partial charge in [-0.25, -0.2) is 14.8 Å². The first kappa shape index (κ1) is 19.7. The van der Waals surface area contributed by atoms with Crippen LogP contribution in [0.1, 0.15) is 51.5 Å². The Kier molecular flexibility index (Phi) is 5.69. The van der Waals surface area contributed by atoms with Gasteiger partial charge in [-0.15, -0.1) is 0 Å². The summed E-state index contributed by atoms with van der Waals surface area (Å²) < 4.78 is 0. The number of aliphatic imine (C=N–C) groups is 1. The summed E-state index contributed by atoms with van der Waals surface area (Å²) in [5.41, 5.74) is 0.846. The van der Waals surface area contributed by atoms with Gasteiger partial charge in [0.25, 0.3) is 5.91 Å². The first-order chi connectivity index (χ1) is 14.1. The minimum atomic E-state index is -0.525. The molecule has 156 valence electrons. The van der Waals surface area contributed by atoms with E-state index in [1.54, 1.807) is 4.90 Å². The van der Waals surface area contributed by atoms with Crippen molar-refractivity contribution in [2.45, 2.75) is 58.2 Å². The van der Waals surface area contributed by atoms with Crippen molar-refractivity contribution in [2.75, 3.05) is 31.1 Å². The topological polar surface area (TPSA) is 81.1 Å². The maximum absolute atomic E-state index is 12.9. The molecule has 0 aliphatic carbocycles. The van der Waals surface area contributed by atoms with Crippen LogP contribution in [-0.4, -0.2) is 70.9 Å². The third kappa shape index (κ3) is 3.68. The van der Waals surface area contributed by atoms with Crippen molar-refractivity contribution < 1.29 is 9.59 Å². The molecule has 0 bridgehead atoms. The Morgan fingerprint density at radius 3 is 2.48 bits per heavy atom. The summed E-state index contributed by atoms with van der Waals surface area (Å²) in [7, 11) is 0. The number of amides is 3. The molecule has 2 fully saturated rings. The van der Waals surface area contributed by atoms with Gasteiger partial charge in [0.1, 0.15) is 17.7 Å². The van der Waals surface area contributed by atoms with E-state index in [-0.39, 0.29) is 11.9 Å². The van der Waals surface area contributed by atoms with E-state index in [1.807, 2.05) is 32.2 Å². The average molecular weight is 399 g/mol. The van der Waals surface area contributed by atoms with Gasteiger partial charge >= 0.3 is 6.03 Å². The van der Waals surface area contributed by atoms with Crippen LogP contribution in [0.4, 0.5) is 10.6 Å². The Balaban J connectivity index is 1.55. The molecule has 2 atom stereocenters. The number of nitrogens with zero attached hydrogens (tertiary/aromatic N) is 5. The number of aromatic nitrogens is 1. The monoisotopic (exact) mass is 398 g/mol. The molecule has 3 amide bonds. The molecule has 0 aromatic carbocycles. The van der Waals surface area contributed by atoms with Crippen molar-refractivity contribution in [1.29, 1.82) is 0 Å². The van der Waals surface area contributed by atoms with Crippen molar-refractivity contribution in [2.24, 2.45) is 4.99 Å². The number of nitrogens with one attached hydrogen (secondary N) is 1. The van der Waals surface area contributed by atoms with E-state index in [2.05, 4.69) is 15.2 Å². The van der Waals surface area contributed by atoms with Crippen LogP contribution in [0.25, 0.3) is 0 Å². The molecule has 8 nitrogen and oxygen atoms in total. The zero-order valence-corrected chi connectivity index (χ0v) is 17.3. The summed E-state index contributed by atoms with van der Waals surface area (Å²) in [5.74, 6) is 1.43. The summed E-state index contributed by atoms with van der Waals surface area (Å²) >= 11 is 0. The molecule has 8 heteroatoms. The molecule has 3 aliphatic rings. The summed E-state index contributed by atoms with van der Waals surface area (Å²) in [6.45, 7) is 7.11. The fourth-order valence-corrected chi connectivity index (χ4v) is 4.33. The van der Waals surface area contributed by atoms with E-state index in [4.69, 9.17) is 4.99 Å². The summed E-state index contributed by atoms with van der Waals surface area (Å²) in [4.78, 5) is 40.5. The molecular formula is C21H30N6O2. The Morgan fingerprint density at radius 2 is 1.83 bits per heavy atom. The smallest absolute Gasteiger partial charge is 0.328 e. The summed E-state index contributed by atoms with van der Waals surface area (Å²) in [5, 5.41) is 3.27. The minimum Gasteiger partial charge on any atom is -0.357 e. The van der Waals surface area contributed by atoms with Gasteiger partial charge in [-0.05, 0) is 44.2 Å². The predicted octanol–water partition coefficient (Wildman–Crippen LogP) is 2.20. The van der Waals surface area contributed by atoms with Gasteiger partial charge in [-0.2, -0.15) is 0 Å². The molecule has 1 aromatic rings. The number of carbonyl (C=O) groups is 2. The van der Waals surface area contributed by atoms with Gasteiger partial charge in [0.15, 0.2) is 6.17 Å². The van der Waals surface area contributed by atoms with Crippen LogP contribution < -0.4 is 10.2 Å². The van der Waals surface area contributed by atoms with E-state index < -0.39 is 12.2 Å². The van der Waals surface area contributed by atoms with Crippen LogP contribution in [0.2, 0.25) is 0 Å². The van der Waals surface area contributed by atoms with Gasteiger partial charge in [-0.3, -0.25) is 14.6 Å². The second-order valence-corrected chi connectivity index (χ2v) is 7.93. The molecule has 2 unspecified atom stereocenters. The van der Waals surface area contributed by atoms with E-state index in [1.165, 1.54) is 24.2 Å². The van der Waals surface area contributed by atoms with Crippen molar-refractivity contribution in [1.82, 2.24) is 20.1 Å². The fraction of sp³-hybridized carbons (Fsp3) is 0.619. The van der Waals surface area contributed by atoms with E-state index in [0.717, 1.165) is 37.3 Å². The first-order valence-corrected chi connectivity index (χ1v) is 10.8.